The summed E-state index contributed by atoms with van der Waals surface area (Å²) in [7, 11) is -1.98. The van der Waals surface area contributed by atoms with Crippen LogP contribution in [-0.2, 0) is 10.0 Å². The van der Waals surface area contributed by atoms with Crippen molar-refractivity contribution in [2.24, 2.45) is 0 Å². The minimum atomic E-state index is -3.56. The number of anilines is 1. The van der Waals surface area contributed by atoms with E-state index in [1.54, 1.807) is 31.4 Å². The molecule has 0 bridgehead atoms. The van der Waals surface area contributed by atoms with Crippen LogP contribution in [0.25, 0.3) is 0 Å². The molecule has 0 saturated heterocycles. The molecule has 1 N–H and O–H groups in total. The highest BCUT2D eigenvalue weighted by Gasteiger charge is 2.24. The first-order valence-corrected chi connectivity index (χ1v) is 10.5. The van der Waals surface area contributed by atoms with Crippen molar-refractivity contribution in [1.29, 1.82) is 0 Å². The van der Waals surface area contributed by atoms with Crippen molar-refractivity contribution in [2.45, 2.75) is 26.9 Å². The molecule has 1 atom stereocenters. The van der Waals surface area contributed by atoms with Gasteiger partial charge in [-0.2, -0.15) is 0 Å². The Morgan fingerprint density at radius 3 is 2.04 bits per heavy atom. The van der Waals surface area contributed by atoms with Crippen LogP contribution in [0.3, 0.4) is 0 Å². The smallest absolute Gasteiger partial charge is 0.232 e. The van der Waals surface area contributed by atoms with Gasteiger partial charge in [0.25, 0.3) is 0 Å². The Bertz CT molecular complexity index is 855. The van der Waals surface area contributed by atoms with Gasteiger partial charge in [-0.3, -0.25) is 4.31 Å². The van der Waals surface area contributed by atoms with E-state index in [-0.39, 0.29) is 13.2 Å². The summed E-state index contributed by atoms with van der Waals surface area (Å²) >= 11 is 0. The molecule has 7 heteroatoms. The van der Waals surface area contributed by atoms with Crippen molar-refractivity contribution >= 4 is 15.7 Å². The Morgan fingerprint density at radius 1 is 1.04 bits per heavy atom. The average molecular weight is 394 g/mol. The molecule has 0 fully saturated rings. The molecule has 0 spiro atoms. The van der Waals surface area contributed by atoms with Gasteiger partial charge in [0.2, 0.25) is 10.0 Å². The minimum absolute atomic E-state index is 0.0255. The quantitative estimate of drug-likeness (QED) is 0.746. The molecule has 148 valence electrons. The lowest BCUT2D eigenvalue weighted by Crippen LogP contribution is -2.40. The van der Waals surface area contributed by atoms with Crippen molar-refractivity contribution in [3.05, 3.63) is 53.1 Å². The molecule has 2 rings (SSSR count). The molecule has 0 radical (unpaired) electrons. The van der Waals surface area contributed by atoms with Crippen LogP contribution >= 0.6 is 0 Å². The van der Waals surface area contributed by atoms with Crippen LogP contribution in [-0.4, -0.2) is 46.1 Å². The lowest BCUT2D eigenvalue weighted by Gasteiger charge is -2.28. The number of aliphatic hydroxyl groups excluding tert-OH is 1. The predicted molar refractivity (Wildman–Crippen MR) is 107 cm³/mol. The summed E-state index contributed by atoms with van der Waals surface area (Å²) in [5.41, 5.74) is 3.36. The Hall–Kier alpha value is -2.25. The van der Waals surface area contributed by atoms with Gasteiger partial charge in [-0.1, -0.05) is 17.7 Å². The summed E-state index contributed by atoms with van der Waals surface area (Å²) in [6, 6.07) is 10.8. The molecule has 0 aromatic heterocycles. The van der Waals surface area contributed by atoms with Gasteiger partial charge in [0.1, 0.15) is 24.2 Å². The number of methoxy groups -OCH3 is 1. The zero-order valence-electron chi connectivity index (χ0n) is 16.4. The van der Waals surface area contributed by atoms with Crippen molar-refractivity contribution in [2.75, 3.05) is 30.8 Å². The maximum Gasteiger partial charge on any atom is 0.232 e. The first-order valence-electron chi connectivity index (χ1n) is 8.62. The number of nitrogens with zero attached hydrogens (tertiary/aromatic N) is 1. The minimum Gasteiger partial charge on any atom is -0.497 e. The van der Waals surface area contributed by atoms with E-state index in [0.717, 1.165) is 22.9 Å². The van der Waals surface area contributed by atoms with E-state index in [4.69, 9.17) is 9.47 Å². The molecule has 2 aromatic carbocycles. The Labute approximate surface area is 161 Å². The highest BCUT2D eigenvalue weighted by atomic mass is 32.2. The van der Waals surface area contributed by atoms with Gasteiger partial charge in [-0.25, -0.2) is 8.42 Å². The second-order valence-electron chi connectivity index (χ2n) is 6.68. The molecule has 27 heavy (non-hydrogen) atoms. The van der Waals surface area contributed by atoms with Gasteiger partial charge in [0.05, 0.1) is 25.6 Å². The largest absolute Gasteiger partial charge is 0.497 e. The van der Waals surface area contributed by atoms with Crippen LogP contribution in [0.2, 0.25) is 0 Å². The van der Waals surface area contributed by atoms with Crippen molar-refractivity contribution in [1.82, 2.24) is 0 Å². The van der Waals surface area contributed by atoms with Gasteiger partial charge < -0.3 is 14.6 Å². The average Bonchev–Trinajstić information content (AvgIpc) is 2.58. The van der Waals surface area contributed by atoms with Crippen LogP contribution in [0.1, 0.15) is 16.7 Å². The number of aliphatic hydroxyl groups is 1. The number of rotatable bonds is 8. The third-order valence-electron chi connectivity index (χ3n) is 4.16. The molecule has 0 aliphatic heterocycles. The molecule has 0 amide bonds. The van der Waals surface area contributed by atoms with Gasteiger partial charge in [0, 0.05) is 0 Å². The molecule has 0 aliphatic carbocycles. The number of sulfonamides is 1. The summed E-state index contributed by atoms with van der Waals surface area (Å²) in [6.07, 6.45) is 0.157. The summed E-state index contributed by atoms with van der Waals surface area (Å²) in [5.74, 6) is 1.28. The van der Waals surface area contributed by atoms with E-state index < -0.39 is 16.1 Å². The second-order valence-corrected chi connectivity index (χ2v) is 8.59. The van der Waals surface area contributed by atoms with Crippen molar-refractivity contribution < 1.29 is 23.0 Å². The van der Waals surface area contributed by atoms with Crippen LogP contribution in [0.4, 0.5) is 5.69 Å². The van der Waals surface area contributed by atoms with Crippen LogP contribution in [0.5, 0.6) is 11.5 Å². The van der Waals surface area contributed by atoms with E-state index in [0.29, 0.717) is 17.2 Å². The Balaban J connectivity index is 2.14. The van der Waals surface area contributed by atoms with Gasteiger partial charge in [-0.15, -0.1) is 0 Å². The topological polar surface area (TPSA) is 76.1 Å². The van der Waals surface area contributed by atoms with E-state index in [2.05, 4.69) is 0 Å². The van der Waals surface area contributed by atoms with Gasteiger partial charge in [-0.05, 0) is 56.2 Å². The molecule has 1 unspecified atom stereocenters. The third kappa shape index (κ3) is 5.61. The van der Waals surface area contributed by atoms with Crippen LogP contribution in [0.15, 0.2) is 36.4 Å². The molecular formula is C20H27NO5S. The number of benzene rings is 2. The van der Waals surface area contributed by atoms with E-state index >= 15 is 0 Å². The SMILES string of the molecule is COc1ccc(OCC(O)CN(c2c(C)cc(C)cc2C)S(C)(=O)=O)cc1. The van der Waals surface area contributed by atoms with E-state index in [9.17, 15) is 13.5 Å². The highest BCUT2D eigenvalue weighted by molar-refractivity contribution is 7.92. The molecule has 0 aliphatic rings. The van der Waals surface area contributed by atoms with Crippen molar-refractivity contribution in [3.63, 3.8) is 0 Å². The van der Waals surface area contributed by atoms with Crippen LogP contribution < -0.4 is 13.8 Å². The van der Waals surface area contributed by atoms with Crippen molar-refractivity contribution in [3.8, 4) is 11.5 Å². The molecule has 0 saturated carbocycles. The molecular weight excluding hydrogens is 366 g/mol. The van der Waals surface area contributed by atoms with E-state index in [1.165, 1.54) is 4.31 Å². The zero-order chi connectivity index (χ0) is 20.2. The van der Waals surface area contributed by atoms with Gasteiger partial charge >= 0.3 is 0 Å². The number of hydrogen-bond donors (Lipinski definition) is 1. The summed E-state index contributed by atoms with van der Waals surface area (Å²) in [4.78, 5) is 0. The number of hydrogen-bond acceptors (Lipinski definition) is 5. The summed E-state index contributed by atoms with van der Waals surface area (Å²) < 4.78 is 36.6. The second kappa shape index (κ2) is 8.63. The standard InChI is InChI=1S/C20H27NO5S/c1-14-10-15(2)20(16(3)11-14)21(27(5,23)24)12-17(22)13-26-19-8-6-18(25-4)7-9-19/h6-11,17,22H,12-13H2,1-5H3. The van der Waals surface area contributed by atoms with Gasteiger partial charge in [0.15, 0.2) is 0 Å². The van der Waals surface area contributed by atoms with E-state index in [1.807, 2.05) is 32.9 Å². The molecule has 2 aromatic rings. The lowest BCUT2D eigenvalue weighted by atomic mass is 10.0. The first kappa shape index (κ1) is 21.1. The lowest BCUT2D eigenvalue weighted by molar-refractivity contribution is 0.115. The molecule has 6 nitrogen and oxygen atoms in total. The predicted octanol–water partition coefficient (Wildman–Crippen LogP) is 2.83. The maximum atomic E-state index is 12.4. The normalized spacial score (nSPS) is 12.5. The number of aryl methyl sites for hydroxylation is 3. The third-order valence-corrected chi connectivity index (χ3v) is 5.30. The number of ether oxygens (including phenoxy) is 2. The fourth-order valence-electron chi connectivity index (χ4n) is 3.07. The van der Waals surface area contributed by atoms with Crippen LogP contribution in [0, 0.1) is 20.8 Å². The Morgan fingerprint density at radius 2 is 1.56 bits per heavy atom. The fraction of sp³-hybridized carbons (Fsp3) is 0.400. The fourth-order valence-corrected chi connectivity index (χ4v) is 4.13. The summed E-state index contributed by atoms with van der Waals surface area (Å²) in [5, 5.41) is 10.4. The summed E-state index contributed by atoms with van der Waals surface area (Å²) in [6.45, 7) is 5.59. The maximum absolute atomic E-state index is 12.4. The Kier molecular flexibility index (Phi) is 6.73. The highest BCUT2D eigenvalue weighted by Crippen LogP contribution is 2.28. The zero-order valence-corrected chi connectivity index (χ0v) is 17.2. The first-order chi connectivity index (χ1) is 12.6. The molecule has 0 heterocycles. The monoisotopic (exact) mass is 393 g/mol.